The maximum atomic E-state index is 12.8. The van der Waals surface area contributed by atoms with Crippen LogP contribution in [0.25, 0.3) is 10.6 Å². The lowest BCUT2D eigenvalue weighted by molar-refractivity contribution is 0.0595. The number of fused-ring (bicyclic) bond motifs is 1. The molecule has 150 valence electrons. The number of nitrogens with two attached hydrogens (primary N) is 1. The molecule has 1 saturated heterocycles. The Bertz CT molecular complexity index is 1090. The van der Waals surface area contributed by atoms with Crippen LogP contribution in [0.1, 0.15) is 21.8 Å². The molecule has 2 aliphatic heterocycles. The van der Waals surface area contributed by atoms with Crippen molar-refractivity contribution in [2.24, 2.45) is 10.7 Å². The third-order valence-electron chi connectivity index (χ3n) is 4.87. The van der Waals surface area contributed by atoms with Crippen LogP contribution in [0, 0.1) is 0 Å². The number of nitrogens with one attached hydrogen (secondary N) is 1. The second-order valence-corrected chi connectivity index (χ2v) is 9.89. The SMILES string of the molecule is COC(=O)c1ccc(-c2cc(Cl)c(C34CCOC3S(=O)(=O)N(C)C(N)=N4)s2)[nH]1. The van der Waals surface area contributed by atoms with Crippen LogP contribution in [0.3, 0.4) is 0 Å². The molecule has 0 bridgehead atoms. The Morgan fingerprint density at radius 1 is 1.54 bits per heavy atom. The van der Waals surface area contributed by atoms with E-state index in [2.05, 4.69) is 9.98 Å². The molecule has 4 heterocycles. The Kier molecular flexibility index (Phi) is 4.45. The van der Waals surface area contributed by atoms with Gasteiger partial charge in [-0.25, -0.2) is 22.5 Å². The Balaban J connectivity index is 1.82. The van der Waals surface area contributed by atoms with Crippen LogP contribution in [0.5, 0.6) is 0 Å². The molecule has 4 rings (SSSR count). The molecule has 9 nitrogen and oxygen atoms in total. The lowest BCUT2D eigenvalue weighted by atomic mass is 9.97. The van der Waals surface area contributed by atoms with Crippen LogP contribution in [0.4, 0.5) is 0 Å². The van der Waals surface area contributed by atoms with Crippen molar-refractivity contribution >= 4 is 44.9 Å². The standard InChI is InChI=1S/C16H17ClN4O5S2/c1-21-15(18)20-16(5-6-26-14(16)28(21,23)24)12-8(17)7-11(27-12)9-3-4-10(19-9)13(22)25-2/h3-4,7,14,19H,5-6H2,1-2H3,(H2,18,20). The summed E-state index contributed by atoms with van der Waals surface area (Å²) >= 11 is 7.78. The topological polar surface area (TPSA) is 127 Å². The van der Waals surface area contributed by atoms with Crippen molar-refractivity contribution < 1.29 is 22.7 Å². The fourth-order valence-electron chi connectivity index (χ4n) is 3.40. The maximum Gasteiger partial charge on any atom is 0.354 e. The molecule has 0 radical (unpaired) electrons. The minimum absolute atomic E-state index is 0.111. The van der Waals surface area contributed by atoms with E-state index in [1.54, 1.807) is 18.2 Å². The van der Waals surface area contributed by atoms with Crippen molar-refractivity contribution in [3.8, 4) is 10.6 Å². The minimum atomic E-state index is -3.84. The van der Waals surface area contributed by atoms with Gasteiger partial charge in [0.1, 0.15) is 11.2 Å². The van der Waals surface area contributed by atoms with Gasteiger partial charge in [0.15, 0.2) is 0 Å². The second-order valence-electron chi connectivity index (χ2n) is 6.42. The van der Waals surface area contributed by atoms with E-state index in [4.69, 9.17) is 26.8 Å². The summed E-state index contributed by atoms with van der Waals surface area (Å²) in [6.07, 6.45) is 0.337. The highest BCUT2D eigenvalue weighted by atomic mass is 35.5. The number of esters is 1. The zero-order valence-corrected chi connectivity index (χ0v) is 17.3. The van der Waals surface area contributed by atoms with Gasteiger partial charge in [-0.2, -0.15) is 0 Å². The number of aromatic nitrogens is 1. The summed E-state index contributed by atoms with van der Waals surface area (Å²) < 4.78 is 36.8. The molecule has 2 unspecified atom stereocenters. The van der Waals surface area contributed by atoms with Crippen molar-refractivity contribution in [1.82, 2.24) is 9.29 Å². The molecule has 12 heteroatoms. The quantitative estimate of drug-likeness (QED) is 0.694. The largest absolute Gasteiger partial charge is 0.464 e. The normalized spacial score (nSPS) is 26.0. The Hall–Kier alpha value is -2.08. The van der Waals surface area contributed by atoms with Crippen LogP contribution < -0.4 is 5.73 Å². The highest BCUT2D eigenvalue weighted by molar-refractivity contribution is 7.90. The molecule has 2 aliphatic rings. The van der Waals surface area contributed by atoms with E-state index in [1.807, 2.05) is 0 Å². The van der Waals surface area contributed by atoms with Crippen molar-refractivity contribution in [3.05, 3.63) is 33.8 Å². The smallest absolute Gasteiger partial charge is 0.354 e. The molecule has 0 saturated carbocycles. The van der Waals surface area contributed by atoms with Crippen LogP contribution in [0.2, 0.25) is 5.02 Å². The summed E-state index contributed by atoms with van der Waals surface area (Å²) in [6, 6.07) is 5.03. The fraction of sp³-hybridized carbons (Fsp3) is 0.375. The molecule has 0 amide bonds. The zero-order chi connectivity index (χ0) is 20.3. The molecule has 2 atom stereocenters. The number of guanidine groups is 1. The van der Waals surface area contributed by atoms with E-state index in [1.165, 1.54) is 25.5 Å². The van der Waals surface area contributed by atoms with E-state index < -0.39 is 27.0 Å². The summed E-state index contributed by atoms with van der Waals surface area (Å²) in [4.78, 5) is 20.4. The Morgan fingerprint density at radius 2 is 2.29 bits per heavy atom. The average Bonchev–Trinajstić information content (AvgIpc) is 3.37. The van der Waals surface area contributed by atoms with Crippen molar-refractivity contribution in [1.29, 1.82) is 0 Å². The summed E-state index contributed by atoms with van der Waals surface area (Å²) in [5.41, 5.74) is 4.45. The minimum Gasteiger partial charge on any atom is -0.464 e. The average molecular weight is 445 g/mol. The van der Waals surface area contributed by atoms with Gasteiger partial charge < -0.3 is 20.2 Å². The van der Waals surface area contributed by atoms with Gasteiger partial charge >= 0.3 is 5.97 Å². The molecular formula is C16H17ClN4O5S2. The first-order valence-corrected chi connectivity index (χ1v) is 10.9. The van der Waals surface area contributed by atoms with Crippen LogP contribution >= 0.6 is 22.9 Å². The number of carbonyl (C=O) groups is 1. The zero-order valence-electron chi connectivity index (χ0n) is 14.9. The third kappa shape index (κ3) is 2.65. The van der Waals surface area contributed by atoms with Crippen molar-refractivity contribution in [2.45, 2.75) is 17.4 Å². The lowest BCUT2D eigenvalue weighted by Crippen LogP contribution is -2.55. The highest BCUT2D eigenvalue weighted by Gasteiger charge is 2.59. The number of aromatic amines is 1. The number of thiophene rings is 1. The van der Waals surface area contributed by atoms with Gasteiger partial charge in [-0.15, -0.1) is 11.3 Å². The number of carbonyl (C=O) groups excluding carboxylic acids is 1. The van der Waals surface area contributed by atoms with E-state index in [0.29, 0.717) is 27.7 Å². The molecule has 0 aliphatic carbocycles. The van der Waals surface area contributed by atoms with Gasteiger partial charge in [0.2, 0.25) is 11.4 Å². The number of nitrogens with zero attached hydrogens (tertiary/aromatic N) is 2. The predicted octanol–water partition coefficient (Wildman–Crippen LogP) is 1.71. The first-order chi connectivity index (χ1) is 13.2. The Labute approximate surface area is 170 Å². The first-order valence-electron chi connectivity index (χ1n) is 8.23. The van der Waals surface area contributed by atoms with Crippen molar-refractivity contribution in [3.63, 3.8) is 0 Å². The van der Waals surface area contributed by atoms with Crippen LogP contribution in [0.15, 0.2) is 23.2 Å². The number of hydrogen-bond donors (Lipinski definition) is 2. The second kappa shape index (κ2) is 6.48. The fourth-order valence-corrected chi connectivity index (χ4v) is 6.78. The summed E-state index contributed by atoms with van der Waals surface area (Å²) in [7, 11) is -1.20. The molecule has 0 spiro atoms. The molecule has 1 fully saturated rings. The number of rotatable bonds is 3. The molecule has 0 aromatic carbocycles. The van der Waals surface area contributed by atoms with Gasteiger partial charge in [0, 0.05) is 13.5 Å². The first kappa shape index (κ1) is 19.2. The molecule has 3 N–H and O–H groups in total. The Morgan fingerprint density at radius 3 is 3.00 bits per heavy atom. The van der Waals surface area contributed by atoms with Gasteiger partial charge in [0.25, 0.3) is 10.0 Å². The number of ether oxygens (including phenoxy) is 2. The number of methoxy groups -OCH3 is 1. The number of H-pyrrole nitrogens is 1. The number of halogens is 1. The summed E-state index contributed by atoms with van der Waals surface area (Å²) in [5, 5.41) is 0.362. The summed E-state index contributed by atoms with van der Waals surface area (Å²) in [6.45, 7) is 0.215. The molecule has 2 aromatic heterocycles. The van der Waals surface area contributed by atoms with Crippen molar-refractivity contribution in [2.75, 3.05) is 20.8 Å². The van der Waals surface area contributed by atoms with Gasteiger partial charge in [-0.3, -0.25) is 0 Å². The van der Waals surface area contributed by atoms with Gasteiger partial charge in [0.05, 0.1) is 34.2 Å². The number of hydrogen-bond acceptors (Lipinski definition) is 8. The van der Waals surface area contributed by atoms with E-state index >= 15 is 0 Å². The van der Waals surface area contributed by atoms with Crippen LogP contribution in [-0.4, -0.2) is 55.8 Å². The van der Waals surface area contributed by atoms with Gasteiger partial charge in [-0.05, 0) is 18.2 Å². The van der Waals surface area contributed by atoms with E-state index in [-0.39, 0.29) is 12.6 Å². The highest BCUT2D eigenvalue weighted by Crippen LogP contribution is 2.51. The van der Waals surface area contributed by atoms with E-state index in [0.717, 1.165) is 9.18 Å². The number of aliphatic imine (C=N–C) groups is 1. The predicted molar refractivity (Wildman–Crippen MR) is 105 cm³/mol. The monoisotopic (exact) mass is 444 g/mol. The molecule has 28 heavy (non-hydrogen) atoms. The molecular weight excluding hydrogens is 428 g/mol. The maximum absolute atomic E-state index is 12.8. The van der Waals surface area contributed by atoms with Crippen LogP contribution in [-0.2, 0) is 25.0 Å². The molecule has 2 aromatic rings. The summed E-state index contributed by atoms with van der Waals surface area (Å²) in [5.74, 6) is -0.601. The van der Waals surface area contributed by atoms with E-state index in [9.17, 15) is 13.2 Å². The third-order valence-corrected chi connectivity index (χ3v) is 8.63. The number of sulfonamides is 1. The van der Waals surface area contributed by atoms with Gasteiger partial charge in [-0.1, -0.05) is 11.6 Å². The lowest BCUT2D eigenvalue weighted by Gasteiger charge is -2.37.